The molecule has 0 atom stereocenters. The lowest BCUT2D eigenvalue weighted by molar-refractivity contribution is -0.139. The summed E-state index contributed by atoms with van der Waals surface area (Å²) in [6.07, 6.45) is 3.30. The van der Waals surface area contributed by atoms with Gasteiger partial charge >= 0.3 is 11.8 Å². The van der Waals surface area contributed by atoms with Crippen LogP contribution in [0.5, 0.6) is 5.75 Å². The summed E-state index contributed by atoms with van der Waals surface area (Å²) in [4.78, 5) is 23.1. The van der Waals surface area contributed by atoms with Crippen LogP contribution in [0.1, 0.15) is 24.0 Å². The topological polar surface area (TPSA) is 79.8 Å². The molecule has 0 aromatic heterocycles. The molecule has 2 N–H and O–H groups in total. The zero-order valence-electron chi connectivity index (χ0n) is 13.9. The number of benzene rings is 2. The van der Waals surface area contributed by atoms with Crippen LogP contribution in [0.3, 0.4) is 0 Å². The number of nitrogens with zero attached hydrogens (tertiary/aromatic N) is 1. The highest BCUT2D eigenvalue weighted by molar-refractivity contribution is 6.35. The van der Waals surface area contributed by atoms with Crippen molar-refractivity contribution in [3.63, 3.8) is 0 Å². The molecule has 3 rings (SSSR count). The van der Waals surface area contributed by atoms with Gasteiger partial charge in [0, 0.05) is 11.1 Å². The summed E-state index contributed by atoms with van der Waals surface area (Å²) in [6, 6.07) is 14.8. The molecule has 0 heterocycles. The highest BCUT2D eigenvalue weighted by Crippen LogP contribution is 2.18. The Kier molecular flexibility index (Phi) is 5.86. The number of hydrogen-bond acceptors (Lipinski definition) is 4. The molecule has 1 aliphatic carbocycles. The molecule has 6 nitrogen and oxygen atoms in total. The van der Waals surface area contributed by atoms with E-state index in [1.54, 1.807) is 6.07 Å². The van der Waals surface area contributed by atoms with Crippen LogP contribution in [0.15, 0.2) is 53.6 Å². The minimum absolute atomic E-state index is 0.131. The molecule has 2 aromatic carbocycles. The Hall–Kier alpha value is -2.86. The predicted octanol–water partition coefficient (Wildman–Crippen LogP) is 2.65. The van der Waals surface area contributed by atoms with Crippen molar-refractivity contribution in [2.45, 2.75) is 25.5 Å². The summed E-state index contributed by atoms with van der Waals surface area (Å²) in [5, 5.41) is 7.08. The fourth-order valence-corrected chi connectivity index (χ4v) is 2.25. The summed E-state index contributed by atoms with van der Waals surface area (Å²) in [5.41, 5.74) is 3.95. The number of nitrogens with one attached hydrogen (secondary N) is 2. The van der Waals surface area contributed by atoms with Crippen LogP contribution in [0.25, 0.3) is 0 Å². The van der Waals surface area contributed by atoms with Gasteiger partial charge in [-0.05, 0) is 48.2 Å². The van der Waals surface area contributed by atoms with E-state index in [1.165, 1.54) is 6.21 Å². The molecule has 134 valence electrons. The smallest absolute Gasteiger partial charge is 0.329 e. The maximum absolute atomic E-state index is 11.6. The average Bonchev–Trinajstić information content (AvgIpc) is 3.45. The lowest BCUT2D eigenvalue weighted by Gasteiger charge is -2.07. The predicted molar refractivity (Wildman–Crippen MR) is 99.1 cm³/mol. The minimum Gasteiger partial charge on any atom is -0.489 e. The zero-order chi connectivity index (χ0) is 18.4. The van der Waals surface area contributed by atoms with Crippen LogP contribution >= 0.6 is 11.6 Å². The van der Waals surface area contributed by atoms with Crippen molar-refractivity contribution in [3.8, 4) is 5.75 Å². The van der Waals surface area contributed by atoms with Crippen molar-refractivity contribution in [3.05, 3.63) is 64.7 Å². The Morgan fingerprint density at radius 2 is 1.92 bits per heavy atom. The number of halogens is 1. The van der Waals surface area contributed by atoms with Gasteiger partial charge in [0.25, 0.3) is 0 Å². The Balaban J connectivity index is 1.50. The normalized spacial score (nSPS) is 13.4. The zero-order valence-corrected chi connectivity index (χ0v) is 14.7. The third-order valence-electron chi connectivity index (χ3n) is 3.68. The Morgan fingerprint density at radius 1 is 1.15 bits per heavy atom. The lowest BCUT2D eigenvalue weighted by atomic mass is 10.2. The van der Waals surface area contributed by atoms with Crippen LogP contribution in [-0.2, 0) is 16.2 Å². The van der Waals surface area contributed by atoms with Gasteiger partial charge in [0.05, 0.1) is 6.21 Å². The van der Waals surface area contributed by atoms with Crippen molar-refractivity contribution in [2.75, 3.05) is 0 Å². The van der Waals surface area contributed by atoms with Crippen molar-refractivity contribution < 1.29 is 14.3 Å². The molecular weight excluding hydrogens is 354 g/mol. The van der Waals surface area contributed by atoms with Gasteiger partial charge in [0.15, 0.2) is 0 Å². The molecule has 0 saturated heterocycles. The number of hydrogen-bond donors (Lipinski definition) is 2. The molecule has 0 spiro atoms. The van der Waals surface area contributed by atoms with Crippen LogP contribution < -0.4 is 15.5 Å². The maximum Gasteiger partial charge on any atom is 0.329 e. The van der Waals surface area contributed by atoms with E-state index in [1.807, 2.05) is 42.5 Å². The largest absolute Gasteiger partial charge is 0.489 e. The first kappa shape index (κ1) is 17.9. The highest BCUT2D eigenvalue weighted by Gasteiger charge is 2.26. The first-order valence-corrected chi connectivity index (χ1v) is 8.59. The van der Waals surface area contributed by atoms with E-state index < -0.39 is 11.8 Å². The summed E-state index contributed by atoms with van der Waals surface area (Å²) >= 11 is 5.86. The second kappa shape index (κ2) is 8.49. The number of carbonyl (C=O) groups is 2. The van der Waals surface area contributed by atoms with Crippen LogP contribution in [0.2, 0.25) is 5.02 Å². The molecule has 2 aromatic rings. The van der Waals surface area contributed by atoms with Gasteiger partial charge in [0.2, 0.25) is 0 Å². The van der Waals surface area contributed by atoms with E-state index in [2.05, 4.69) is 15.8 Å². The quantitative estimate of drug-likeness (QED) is 0.465. The first-order valence-electron chi connectivity index (χ1n) is 8.21. The lowest BCUT2D eigenvalue weighted by Crippen LogP contribution is -2.38. The Bertz CT molecular complexity index is 817. The van der Waals surface area contributed by atoms with Crippen molar-refractivity contribution in [1.82, 2.24) is 10.7 Å². The molecule has 0 aliphatic heterocycles. The number of rotatable bonds is 6. The van der Waals surface area contributed by atoms with Gasteiger partial charge in [-0.25, -0.2) is 5.43 Å². The van der Waals surface area contributed by atoms with Gasteiger partial charge in [-0.15, -0.1) is 0 Å². The highest BCUT2D eigenvalue weighted by atomic mass is 35.5. The molecule has 0 unspecified atom stereocenters. The monoisotopic (exact) mass is 371 g/mol. The van der Waals surface area contributed by atoms with E-state index in [0.29, 0.717) is 17.4 Å². The van der Waals surface area contributed by atoms with E-state index >= 15 is 0 Å². The van der Waals surface area contributed by atoms with Gasteiger partial charge in [0.1, 0.15) is 12.4 Å². The fraction of sp³-hybridized carbons (Fsp3) is 0.211. The molecule has 0 radical (unpaired) electrons. The number of amides is 2. The van der Waals surface area contributed by atoms with Crippen molar-refractivity contribution in [1.29, 1.82) is 0 Å². The molecule has 1 aliphatic rings. The molecule has 2 amide bonds. The average molecular weight is 372 g/mol. The fourth-order valence-electron chi connectivity index (χ4n) is 2.13. The van der Waals surface area contributed by atoms with Crippen LogP contribution in [-0.4, -0.2) is 24.1 Å². The summed E-state index contributed by atoms with van der Waals surface area (Å²) < 4.78 is 5.73. The Morgan fingerprint density at radius 3 is 2.65 bits per heavy atom. The molecule has 26 heavy (non-hydrogen) atoms. The van der Waals surface area contributed by atoms with E-state index in [-0.39, 0.29) is 6.04 Å². The minimum atomic E-state index is -0.775. The van der Waals surface area contributed by atoms with Gasteiger partial charge in [-0.2, -0.15) is 5.10 Å². The van der Waals surface area contributed by atoms with Crippen molar-refractivity contribution >= 4 is 29.6 Å². The van der Waals surface area contributed by atoms with E-state index in [4.69, 9.17) is 16.3 Å². The molecule has 1 fully saturated rings. The second-order valence-electron chi connectivity index (χ2n) is 5.93. The van der Waals surface area contributed by atoms with Gasteiger partial charge < -0.3 is 10.1 Å². The van der Waals surface area contributed by atoms with E-state index in [0.717, 1.165) is 24.0 Å². The van der Waals surface area contributed by atoms with Crippen LogP contribution in [0.4, 0.5) is 0 Å². The van der Waals surface area contributed by atoms with E-state index in [9.17, 15) is 9.59 Å². The van der Waals surface area contributed by atoms with Crippen LogP contribution in [0, 0.1) is 0 Å². The number of hydrazone groups is 1. The maximum atomic E-state index is 11.6. The summed E-state index contributed by atoms with van der Waals surface area (Å²) in [5.74, 6) is -0.769. The number of ether oxygens (including phenoxy) is 1. The summed E-state index contributed by atoms with van der Waals surface area (Å²) in [7, 11) is 0. The van der Waals surface area contributed by atoms with Gasteiger partial charge in [-0.3, -0.25) is 9.59 Å². The number of carbonyl (C=O) groups excluding carboxylic acids is 2. The molecule has 1 saturated carbocycles. The molecule has 0 bridgehead atoms. The molecule has 7 heteroatoms. The Labute approximate surface area is 156 Å². The summed E-state index contributed by atoms with van der Waals surface area (Å²) in [6.45, 7) is 0.413. The third kappa shape index (κ3) is 5.60. The SMILES string of the molecule is O=C(N/N=C\c1cccc(OCc2ccc(Cl)cc2)c1)C(=O)NC1CC1. The first-order chi connectivity index (χ1) is 12.6. The second-order valence-corrected chi connectivity index (χ2v) is 6.37. The van der Waals surface area contributed by atoms with Gasteiger partial charge in [-0.1, -0.05) is 35.9 Å². The van der Waals surface area contributed by atoms with Crippen molar-refractivity contribution in [2.24, 2.45) is 5.10 Å². The standard InChI is InChI=1S/C19H18ClN3O3/c20-15-6-4-13(5-7-15)12-26-17-3-1-2-14(10-17)11-21-23-19(25)18(24)22-16-8-9-16/h1-7,10-11,16H,8-9,12H2,(H,22,24)(H,23,25)/b21-11-. The molecular formula is C19H18ClN3O3. The third-order valence-corrected chi connectivity index (χ3v) is 3.93.